The minimum atomic E-state index is 0.169. The maximum Gasteiger partial charge on any atom is 0.226 e. The Morgan fingerprint density at radius 3 is 2.64 bits per heavy atom. The van der Waals surface area contributed by atoms with Crippen LogP contribution in [0.25, 0.3) is 22.6 Å². The summed E-state index contributed by atoms with van der Waals surface area (Å²) in [6.45, 7) is 9.14. The van der Waals surface area contributed by atoms with Crippen molar-refractivity contribution in [2.75, 3.05) is 11.9 Å². The molecule has 0 amide bonds. The van der Waals surface area contributed by atoms with Crippen LogP contribution in [-0.2, 0) is 6.54 Å². The third kappa shape index (κ3) is 5.35. The topological polar surface area (TPSA) is 64.9 Å². The largest absolute Gasteiger partial charge is 0.493 e. The van der Waals surface area contributed by atoms with Crippen LogP contribution in [0.5, 0.6) is 5.75 Å². The molecule has 1 fully saturated rings. The second kappa shape index (κ2) is 10.5. The van der Waals surface area contributed by atoms with Gasteiger partial charge in [-0.2, -0.15) is 9.97 Å². The number of fused-ring (bicyclic) bond motifs is 1. The molecule has 0 radical (unpaired) electrons. The molecular formula is C28H29Cl2N5O. The SMILES string of the molecule is C=CCCOc1ccc(C)cc1-c1nc2nc(Cl)nc(NC(C)C3CC3)c2n1Cc1ccc(Cl)cc1. The van der Waals surface area contributed by atoms with Gasteiger partial charge in [0.15, 0.2) is 11.5 Å². The van der Waals surface area contributed by atoms with Crippen LogP contribution in [0.1, 0.15) is 37.3 Å². The molecule has 2 aromatic carbocycles. The number of imidazole rings is 1. The number of hydrogen-bond donors (Lipinski definition) is 1. The van der Waals surface area contributed by atoms with Crippen LogP contribution in [-0.4, -0.2) is 32.2 Å². The number of nitrogens with zero attached hydrogens (tertiary/aromatic N) is 4. The van der Waals surface area contributed by atoms with Crippen molar-refractivity contribution < 1.29 is 4.74 Å². The zero-order chi connectivity index (χ0) is 25.2. The molecule has 1 unspecified atom stereocenters. The van der Waals surface area contributed by atoms with E-state index in [0.29, 0.717) is 35.6 Å². The molecule has 0 aliphatic heterocycles. The predicted octanol–water partition coefficient (Wildman–Crippen LogP) is 7.32. The summed E-state index contributed by atoms with van der Waals surface area (Å²) in [5.74, 6) is 2.84. The molecule has 186 valence electrons. The summed E-state index contributed by atoms with van der Waals surface area (Å²) in [5.41, 5.74) is 4.44. The highest BCUT2D eigenvalue weighted by molar-refractivity contribution is 6.30. The maximum absolute atomic E-state index is 6.37. The van der Waals surface area contributed by atoms with E-state index < -0.39 is 0 Å². The molecule has 1 aliphatic rings. The van der Waals surface area contributed by atoms with Gasteiger partial charge in [0.05, 0.1) is 12.2 Å². The first-order chi connectivity index (χ1) is 17.4. The third-order valence-corrected chi connectivity index (χ3v) is 6.90. The molecule has 1 saturated carbocycles. The second-order valence-corrected chi connectivity index (χ2v) is 10.1. The fourth-order valence-electron chi connectivity index (χ4n) is 4.37. The number of aromatic nitrogens is 4. The van der Waals surface area contributed by atoms with Crippen molar-refractivity contribution in [1.82, 2.24) is 19.5 Å². The Morgan fingerprint density at radius 2 is 1.92 bits per heavy atom. The van der Waals surface area contributed by atoms with Crippen LogP contribution in [0.15, 0.2) is 55.1 Å². The van der Waals surface area contributed by atoms with Crippen molar-refractivity contribution in [3.8, 4) is 17.1 Å². The van der Waals surface area contributed by atoms with Crippen LogP contribution in [0.2, 0.25) is 10.3 Å². The van der Waals surface area contributed by atoms with E-state index in [0.717, 1.165) is 40.2 Å². The second-order valence-electron chi connectivity index (χ2n) is 9.36. The van der Waals surface area contributed by atoms with E-state index in [1.807, 2.05) is 42.5 Å². The Hall–Kier alpha value is -3.09. The van der Waals surface area contributed by atoms with Gasteiger partial charge < -0.3 is 14.6 Å². The molecule has 4 aromatic rings. The fourth-order valence-corrected chi connectivity index (χ4v) is 4.66. The third-order valence-electron chi connectivity index (χ3n) is 6.48. The van der Waals surface area contributed by atoms with E-state index in [2.05, 4.69) is 46.3 Å². The summed E-state index contributed by atoms with van der Waals surface area (Å²) in [6, 6.07) is 14.2. The standard InChI is InChI=1S/C28H29Cl2N5O/c1-4-5-14-36-23-13-6-17(2)15-22(23)27-32-26-24(35(27)16-19-7-11-21(29)12-8-19)25(33-28(30)34-26)31-18(3)20-9-10-20/h4,6-8,11-13,15,18,20H,1,5,9-10,14,16H2,2-3H3,(H,31,33,34). The van der Waals surface area contributed by atoms with E-state index in [1.54, 1.807) is 0 Å². The van der Waals surface area contributed by atoms with Crippen LogP contribution in [0.3, 0.4) is 0 Å². The zero-order valence-corrected chi connectivity index (χ0v) is 22.0. The van der Waals surface area contributed by atoms with Crippen molar-refractivity contribution in [2.45, 2.75) is 45.7 Å². The number of hydrogen-bond acceptors (Lipinski definition) is 5. The van der Waals surface area contributed by atoms with Gasteiger partial charge in [0.1, 0.15) is 17.1 Å². The van der Waals surface area contributed by atoms with Crippen LogP contribution >= 0.6 is 23.2 Å². The van der Waals surface area contributed by atoms with Crippen molar-refractivity contribution in [2.24, 2.45) is 5.92 Å². The Labute approximate surface area is 221 Å². The molecule has 1 aliphatic carbocycles. The number of rotatable bonds is 10. The number of benzene rings is 2. The lowest BCUT2D eigenvalue weighted by Gasteiger charge is -2.17. The molecule has 0 spiro atoms. The Kier molecular flexibility index (Phi) is 7.17. The monoisotopic (exact) mass is 521 g/mol. The molecule has 0 saturated heterocycles. The number of nitrogens with one attached hydrogen (secondary N) is 1. The van der Waals surface area contributed by atoms with E-state index in [-0.39, 0.29) is 11.3 Å². The Balaban J connectivity index is 1.69. The van der Waals surface area contributed by atoms with E-state index in [9.17, 15) is 0 Å². The summed E-state index contributed by atoms with van der Waals surface area (Å²) in [5, 5.41) is 4.46. The molecule has 5 rings (SSSR count). The minimum absolute atomic E-state index is 0.169. The van der Waals surface area contributed by atoms with Gasteiger partial charge in [-0.05, 0) is 80.5 Å². The molecule has 0 bridgehead atoms. The Morgan fingerprint density at radius 1 is 1.14 bits per heavy atom. The summed E-state index contributed by atoms with van der Waals surface area (Å²) in [6.07, 6.45) is 5.04. The molecule has 2 heterocycles. The number of ether oxygens (including phenoxy) is 1. The first-order valence-electron chi connectivity index (χ1n) is 12.2. The van der Waals surface area contributed by atoms with Gasteiger partial charge in [0.2, 0.25) is 5.28 Å². The van der Waals surface area contributed by atoms with Gasteiger partial charge in [-0.1, -0.05) is 41.4 Å². The van der Waals surface area contributed by atoms with Crippen molar-refractivity contribution in [1.29, 1.82) is 0 Å². The quantitative estimate of drug-likeness (QED) is 0.134. The highest BCUT2D eigenvalue weighted by Gasteiger charge is 2.30. The summed E-state index contributed by atoms with van der Waals surface area (Å²) < 4.78 is 8.29. The molecule has 8 heteroatoms. The molecule has 1 N–H and O–H groups in total. The lowest BCUT2D eigenvalue weighted by molar-refractivity contribution is 0.326. The van der Waals surface area contributed by atoms with E-state index in [4.69, 9.17) is 32.9 Å². The van der Waals surface area contributed by atoms with Crippen molar-refractivity contribution in [3.05, 3.63) is 76.6 Å². The maximum atomic E-state index is 6.37. The average molecular weight is 522 g/mol. The molecule has 6 nitrogen and oxygen atoms in total. The van der Waals surface area contributed by atoms with E-state index >= 15 is 0 Å². The summed E-state index contributed by atoms with van der Waals surface area (Å²) >= 11 is 12.5. The number of anilines is 1. The van der Waals surface area contributed by atoms with Gasteiger partial charge >= 0.3 is 0 Å². The fraction of sp³-hybridized carbons (Fsp3) is 0.321. The smallest absolute Gasteiger partial charge is 0.226 e. The number of aryl methyl sites for hydroxylation is 1. The highest BCUT2D eigenvalue weighted by atomic mass is 35.5. The lowest BCUT2D eigenvalue weighted by Crippen LogP contribution is -2.19. The molecule has 2 aromatic heterocycles. The predicted molar refractivity (Wildman–Crippen MR) is 147 cm³/mol. The minimum Gasteiger partial charge on any atom is -0.493 e. The van der Waals surface area contributed by atoms with Gasteiger partial charge in [-0.3, -0.25) is 0 Å². The van der Waals surface area contributed by atoms with Crippen LogP contribution in [0.4, 0.5) is 5.82 Å². The molecule has 36 heavy (non-hydrogen) atoms. The molecular weight excluding hydrogens is 493 g/mol. The van der Waals surface area contributed by atoms with Crippen LogP contribution in [0, 0.1) is 12.8 Å². The Bertz CT molecular complexity index is 1400. The first-order valence-corrected chi connectivity index (χ1v) is 13.0. The van der Waals surface area contributed by atoms with Crippen molar-refractivity contribution >= 4 is 40.2 Å². The van der Waals surface area contributed by atoms with Crippen LogP contribution < -0.4 is 10.1 Å². The highest BCUT2D eigenvalue weighted by Crippen LogP contribution is 2.38. The first kappa shape index (κ1) is 24.6. The lowest BCUT2D eigenvalue weighted by atomic mass is 10.1. The zero-order valence-electron chi connectivity index (χ0n) is 20.5. The normalized spacial score (nSPS) is 14.1. The van der Waals surface area contributed by atoms with Gasteiger partial charge in [-0.25, -0.2) is 4.98 Å². The summed E-state index contributed by atoms with van der Waals surface area (Å²) in [7, 11) is 0. The van der Waals surface area contributed by atoms with Gasteiger partial charge in [-0.15, -0.1) is 6.58 Å². The summed E-state index contributed by atoms with van der Waals surface area (Å²) in [4.78, 5) is 14.1. The van der Waals surface area contributed by atoms with Gasteiger partial charge in [0, 0.05) is 17.6 Å². The van der Waals surface area contributed by atoms with Gasteiger partial charge in [0.25, 0.3) is 0 Å². The number of halogens is 2. The molecule has 1 atom stereocenters. The average Bonchev–Trinajstić information content (AvgIpc) is 3.64. The van der Waals surface area contributed by atoms with Crippen molar-refractivity contribution in [3.63, 3.8) is 0 Å². The van der Waals surface area contributed by atoms with E-state index in [1.165, 1.54) is 12.8 Å².